The first-order valence-corrected chi connectivity index (χ1v) is 25.9. The SMILES string of the molecule is c1ccc(N(c2ccccc2)c2ccc3c(c2)oc2ccc(N(c4ccccc4)c4cc(-c5ccc6sc7cc(N(c8ccccc8)c8ccccc8)ccc7c6c5)c5sc6ccccc6c5c4)cc23)cc1. The number of benzene rings is 11. The average molecular weight is 958 g/mol. The maximum atomic E-state index is 6.71. The van der Waals surface area contributed by atoms with Crippen LogP contribution in [0, 0.1) is 0 Å². The molecule has 6 heteroatoms. The van der Waals surface area contributed by atoms with Crippen LogP contribution in [-0.4, -0.2) is 0 Å². The van der Waals surface area contributed by atoms with Crippen molar-refractivity contribution >= 4 is 136 Å². The summed E-state index contributed by atoms with van der Waals surface area (Å²) in [6.07, 6.45) is 0. The predicted octanol–water partition coefficient (Wildman–Crippen LogP) is 20.4. The van der Waals surface area contributed by atoms with Gasteiger partial charge in [0, 0.05) is 114 Å². The van der Waals surface area contributed by atoms with Crippen molar-refractivity contribution in [3.63, 3.8) is 0 Å². The number of fused-ring (bicyclic) bond motifs is 9. The van der Waals surface area contributed by atoms with E-state index in [4.69, 9.17) is 4.42 Å². The molecule has 0 radical (unpaired) electrons. The van der Waals surface area contributed by atoms with Crippen LogP contribution in [0.25, 0.3) is 73.4 Å². The Morgan fingerprint density at radius 3 is 1.33 bits per heavy atom. The van der Waals surface area contributed by atoms with Crippen LogP contribution in [0.15, 0.2) is 265 Å². The Balaban J connectivity index is 0.908. The molecule has 4 nitrogen and oxygen atoms in total. The van der Waals surface area contributed by atoms with Crippen molar-refractivity contribution < 1.29 is 4.42 Å². The average Bonchev–Trinajstić information content (AvgIpc) is 4.13. The van der Waals surface area contributed by atoms with Crippen LogP contribution < -0.4 is 14.7 Å². The number of anilines is 9. The molecule has 3 heterocycles. The third kappa shape index (κ3) is 7.27. The smallest absolute Gasteiger partial charge is 0.137 e. The van der Waals surface area contributed by atoms with E-state index in [0.29, 0.717) is 0 Å². The second kappa shape index (κ2) is 17.5. The predicted molar refractivity (Wildman–Crippen MR) is 309 cm³/mol. The van der Waals surface area contributed by atoms with E-state index >= 15 is 0 Å². The summed E-state index contributed by atoms with van der Waals surface area (Å²) in [6, 6.07) is 93.9. The van der Waals surface area contributed by atoms with E-state index in [1.54, 1.807) is 0 Å². The van der Waals surface area contributed by atoms with Crippen molar-refractivity contribution in [3.8, 4) is 11.1 Å². The fourth-order valence-electron chi connectivity index (χ4n) is 10.5. The van der Waals surface area contributed by atoms with Crippen molar-refractivity contribution in [2.75, 3.05) is 14.7 Å². The highest BCUT2D eigenvalue weighted by atomic mass is 32.1. The molecule has 0 spiro atoms. The van der Waals surface area contributed by atoms with Gasteiger partial charge in [-0.05, 0) is 139 Å². The highest BCUT2D eigenvalue weighted by Gasteiger charge is 2.22. The first-order valence-electron chi connectivity index (χ1n) is 24.2. The maximum Gasteiger partial charge on any atom is 0.137 e. The van der Waals surface area contributed by atoms with Crippen LogP contribution in [0.4, 0.5) is 51.2 Å². The van der Waals surface area contributed by atoms with Gasteiger partial charge in [0.1, 0.15) is 11.2 Å². The monoisotopic (exact) mass is 957 g/mol. The normalized spacial score (nSPS) is 11.6. The molecule has 0 saturated carbocycles. The Labute approximate surface area is 424 Å². The number of hydrogen-bond acceptors (Lipinski definition) is 6. The van der Waals surface area contributed by atoms with E-state index in [0.717, 1.165) is 73.1 Å². The lowest BCUT2D eigenvalue weighted by atomic mass is 9.99. The summed E-state index contributed by atoms with van der Waals surface area (Å²) in [5.74, 6) is 0. The molecule has 0 saturated heterocycles. The molecule has 0 aliphatic carbocycles. The zero-order chi connectivity index (χ0) is 47.5. The summed E-state index contributed by atoms with van der Waals surface area (Å²) in [7, 11) is 0. The first-order chi connectivity index (χ1) is 35.7. The van der Waals surface area contributed by atoms with Gasteiger partial charge in [-0.3, -0.25) is 0 Å². The lowest BCUT2D eigenvalue weighted by Gasteiger charge is -2.26. The van der Waals surface area contributed by atoms with Crippen LogP contribution in [0.1, 0.15) is 0 Å². The fourth-order valence-corrected chi connectivity index (χ4v) is 12.8. The van der Waals surface area contributed by atoms with Crippen molar-refractivity contribution in [3.05, 3.63) is 261 Å². The van der Waals surface area contributed by atoms with Crippen LogP contribution in [-0.2, 0) is 0 Å². The molecule has 11 aromatic carbocycles. The number of hydrogen-bond donors (Lipinski definition) is 0. The number of para-hydroxylation sites is 5. The Bertz CT molecular complexity index is 4200. The summed E-state index contributed by atoms with van der Waals surface area (Å²) in [5, 5.41) is 7.17. The summed E-state index contributed by atoms with van der Waals surface area (Å²) in [6.45, 7) is 0. The third-order valence-corrected chi connectivity index (χ3v) is 16.1. The standard InChI is InChI=1S/C66H43N3OS2/c1-6-18-45(19-7-1)67(46-20-8-2-9-21-46)51-31-34-54-58-39-50(33-36-61(58)70-62(54)42-51)69(49-26-14-5-15-27-49)53-40-57(66-60(41-53)55-28-16-17-29-63(55)72-66)44-30-37-64-59(38-44)56-35-32-52(43-65(56)71-64)68(47-22-10-3-11-23-47)48-24-12-4-13-25-48/h1-43H. The van der Waals surface area contributed by atoms with Gasteiger partial charge >= 0.3 is 0 Å². The van der Waals surface area contributed by atoms with Gasteiger partial charge in [0.2, 0.25) is 0 Å². The van der Waals surface area contributed by atoms with Crippen LogP contribution in [0.5, 0.6) is 0 Å². The van der Waals surface area contributed by atoms with E-state index in [1.807, 2.05) is 22.7 Å². The molecule has 0 bridgehead atoms. The van der Waals surface area contributed by atoms with E-state index in [1.165, 1.54) is 51.5 Å². The van der Waals surface area contributed by atoms with Gasteiger partial charge < -0.3 is 19.1 Å². The van der Waals surface area contributed by atoms with E-state index < -0.39 is 0 Å². The Hall–Kier alpha value is -8.94. The molecule has 0 N–H and O–H groups in total. The lowest BCUT2D eigenvalue weighted by Crippen LogP contribution is -2.10. The second-order valence-electron chi connectivity index (χ2n) is 18.1. The number of rotatable bonds is 10. The van der Waals surface area contributed by atoms with Crippen molar-refractivity contribution in [2.24, 2.45) is 0 Å². The molecule has 0 aliphatic rings. The molecule has 0 aliphatic heterocycles. The molecular formula is C66H43N3OS2. The topological polar surface area (TPSA) is 22.9 Å². The molecule has 72 heavy (non-hydrogen) atoms. The summed E-state index contributed by atoms with van der Waals surface area (Å²) >= 11 is 3.73. The minimum atomic E-state index is 0.841. The van der Waals surface area contributed by atoms with E-state index in [-0.39, 0.29) is 0 Å². The molecule has 3 aromatic heterocycles. The lowest BCUT2D eigenvalue weighted by molar-refractivity contribution is 0.669. The minimum Gasteiger partial charge on any atom is -0.456 e. The molecule has 340 valence electrons. The molecule has 0 amide bonds. The van der Waals surface area contributed by atoms with Gasteiger partial charge in [-0.15, -0.1) is 22.7 Å². The van der Waals surface area contributed by atoms with Crippen molar-refractivity contribution in [1.29, 1.82) is 0 Å². The quantitative estimate of drug-likeness (QED) is 0.136. The Morgan fingerprint density at radius 2 is 0.722 bits per heavy atom. The fraction of sp³-hybridized carbons (Fsp3) is 0. The van der Waals surface area contributed by atoms with Crippen molar-refractivity contribution in [2.45, 2.75) is 0 Å². The Kier molecular flexibility index (Phi) is 10.2. The number of nitrogens with zero attached hydrogens (tertiary/aromatic N) is 3. The molecule has 14 aromatic rings. The summed E-state index contributed by atoms with van der Waals surface area (Å²) in [4.78, 5) is 7.02. The van der Waals surface area contributed by atoms with Gasteiger partial charge in [0.15, 0.2) is 0 Å². The molecule has 0 unspecified atom stereocenters. The zero-order valence-electron chi connectivity index (χ0n) is 38.9. The van der Waals surface area contributed by atoms with E-state index in [9.17, 15) is 0 Å². The number of furan rings is 1. The van der Waals surface area contributed by atoms with Crippen LogP contribution in [0.3, 0.4) is 0 Å². The van der Waals surface area contributed by atoms with E-state index in [2.05, 4.69) is 276 Å². The highest BCUT2D eigenvalue weighted by molar-refractivity contribution is 7.26. The summed E-state index contributed by atoms with van der Waals surface area (Å²) < 4.78 is 11.8. The minimum absolute atomic E-state index is 0.841. The first kappa shape index (κ1) is 42.0. The second-order valence-corrected chi connectivity index (χ2v) is 20.2. The summed E-state index contributed by atoms with van der Waals surface area (Å²) in [5.41, 5.74) is 13.9. The van der Waals surface area contributed by atoms with Gasteiger partial charge in [-0.2, -0.15) is 0 Å². The largest absolute Gasteiger partial charge is 0.456 e. The third-order valence-electron chi connectivity index (χ3n) is 13.8. The highest BCUT2D eigenvalue weighted by Crippen LogP contribution is 2.49. The van der Waals surface area contributed by atoms with Gasteiger partial charge in [0.25, 0.3) is 0 Å². The maximum absolute atomic E-state index is 6.71. The van der Waals surface area contributed by atoms with Gasteiger partial charge in [-0.1, -0.05) is 121 Å². The zero-order valence-corrected chi connectivity index (χ0v) is 40.5. The Morgan fingerprint density at radius 1 is 0.250 bits per heavy atom. The van der Waals surface area contributed by atoms with Crippen LogP contribution >= 0.6 is 22.7 Å². The van der Waals surface area contributed by atoms with Crippen LogP contribution in [0.2, 0.25) is 0 Å². The van der Waals surface area contributed by atoms with Gasteiger partial charge in [0.05, 0.1) is 0 Å². The number of thiophene rings is 2. The molecule has 14 rings (SSSR count). The molecule has 0 atom stereocenters. The molecule has 0 fully saturated rings. The van der Waals surface area contributed by atoms with Crippen molar-refractivity contribution in [1.82, 2.24) is 0 Å². The molecular weight excluding hydrogens is 915 g/mol. The van der Waals surface area contributed by atoms with Gasteiger partial charge in [-0.25, -0.2) is 0 Å².